The first-order valence-corrected chi connectivity index (χ1v) is 6.69. The molecule has 0 bridgehead atoms. The second kappa shape index (κ2) is 6.18. The number of aromatic nitrogens is 2. The minimum atomic E-state index is 0.321. The average molecular weight is 265 g/mol. The third kappa shape index (κ3) is 3.34. The lowest BCUT2D eigenvalue weighted by Crippen LogP contribution is -2.18. The molecule has 0 aliphatic carbocycles. The maximum atomic E-state index is 5.58. The van der Waals surface area contributed by atoms with E-state index in [-0.39, 0.29) is 0 Å². The second-order valence-corrected chi connectivity index (χ2v) is 4.59. The van der Waals surface area contributed by atoms with Gasteiger partial charge < -0.3 is 10.1 Å². The van der Waals surface area contributed by atoms with Crippen molar-refractivity contribution in [3.63, 3.8) is 0 Å². The van der Waals surface area contributed by atoms with Gasteiger partial charge >= 0.3 is 0 Å². The fourth-order valence-corrected chi connectivity index (χ4v) is 2.02. The standard InChI is InChI=1S/C16H15N3O/c1-3-14(18-10-1)7-5-13-6-8-16(19-11-13)20-15-4-2-9-17-12-15/h2,4,6,8-9,11-12,14,18H,1,3,10H2. The molecule has 0 spiro atoms. The van der Waals surface area contributed by atoms with Gasteiger partial charge in [0.1, 0.15) is 5.75 Å². The number of nitrogens with one attached hydrogen (secondary N) is 1. The third-order valence-electron chi connectivity index (χ3n) is 3.04. The minimum absolute atomic E-state index is 0.321. The van der Waals surface area contributed by atoms with E-state index in [0.29, 0.717) is 17.7 Å². The van der Waals surface area contributed by atoms with Crippen LogP contribution in [0.2, 0.25) is 0 Å². The molecule has 1 N–H and O–H groups in total. The van der Waals surface area contributed by atoms with Gasteiger partial charge in [0, 0.05) is 24.0 Å². The van der Waals surface area contributed by atoms with Crippen LogP contribution in [0.15, 0.2) is 42.9 Å². The van der Waals surface area contributed by atoms with Gasteiger partial charge in [0.2, 0.25) is 5.88 Å². The molecule has 1 aliphatic rings. The van der Waals surface area contributed by atoms with Crippen molar-refractivity contribution in [2.45, 2.75) is 18.9 Å². The monoisotopic (exact) mass is 265 g/mol. The zero-order valence-corrected chi connectivity index (χ0v) is 11.0. The summed E-state index contributed by atoms with van der Waals surface area (Å²) in [5, 5.41) is 3.35. The fraction of sp³-hybridized carbons (Fsp3) is 0.250. The summed E-state index contributed by atoms with van der Waals surface area (Å²) >= 11 is 0. The number of hydrogen-bond acceptors (Lipinski definition) is 4. The van der Waals surface area contributed by atoms with Gasteiger partial charge in [-0.15, -0.1) is 0 Å². The van der Waals surface area contributed by atoms with Gasteiger partial charge in [-0.1, -0.05) is 11.8 Å². The summed E-state index contributed by atoms with van der Waals surface area (Å²) in [6.07, 6.45) is 7.42. The molecule has 20 heavy (non-hydrogen) atoms. The normalized spacial score (nSPS) is 17.3. The summed E-state index contributed by atoms with van der Waals surface area (Å²) in [6.45, 7) is 1.06. The maximum absolute atomic E-state index is 5.58. The van der Waals surface area contributed by atoms with Crippen molar-refractivity contribution < 1.29 is 4.74 Å². The molecule has 4 nitrogen and oxygen atoms in total. The number of hydrogen-bond donors (Lipinski definition) is 1. The molecule has 3 rings (SSSR count). The molecule has 2 aromatic rings. The molecule has 0 radical (unpaired) electrons. The number of nitrogens with zero attached hydrogens (tertiary/aromatic N) is 2. The molecular weight excluding hydrogens is 250 g/mol. The zero-order chi connectivity index (χ0) is 13.6. The largest absolute Gasteiger partial charge is 0.437 e. The van der Waals surface area contributed by atoms with Crippen LogP contribution in [-0.4, -0.2) is 22.6 Å². The highest BCUT2D eigenvalue weighted by molar-refractivity contribution is 5.36. The Hall–Kier alpha value is -2.38. The zero-order valence-electron chi connectivity index (χ0n) is 11.0. The lowest BCUT2D eigenvalue weighted by atomic mass is 10.2. The van der Waals surface area contributed by atoms with Crippen molar-refractivity contribution in [2.24, 2.45) is 0 Å². The Morgan fingerprint density at radius 3 is 2.95 bits per heavy atom. The summed E-state index contributed by atoms with van der Waals surface area (Å²) in [4.78, 5) is 8.24. The van der Waals surface area contributed by atoms with Crippen LogP contribution in [0.5, 0.6) is 11.6 Å². The summed E-state index contributed by atoms with van der Waals surface area (Å²) in [7, 11) is 0. The lowest BCUT2D eigenvalue weighted by Gasteiger charge is -2.03. The van der Waals surface area contributed by atoms with E-state index in [2.05, 4.69) is 27.1 Å². The van der Waals surface area contributed by atoms with Gasteiger partial charge in [-0.2, -0.15) is 0 Å². The molecule has 1 saturated heterocycles. The van der Waals surface area contributed by atoms with E-state index >= 15 is 0 Å². The Morgan fingerprint density at radius 1 is 1.25 bits per heavy atom. The molecule has 1 aliphatic heterocycles. The Morgan fingerprint density at radius 2 is 2.25 bits per heavy atom. The van der Waals surface area contributed by atoms with E-state index in [9.17, 15) is 0 Å². The number of pyridine rings is 2. The lowest BCUT2D eigenvalue weighted by molar-refractivity contribution is 0.460. The topological polar surface area (TPSA) is 47.0 Å². The molecule has 0 aromatic carbocycles. The minimum Gasteiger partial charge on any atom is -0.437 e. The van der Waals surface area contributed by atoms with Crippen molar-refractivity contribution in [3.8, 4) is 23.5 Å². The molecule has 1 fully saturated rings. The van der Waals surface area contributed by atoms with Gasteiger partial charge in [0.25, 0.3) is 0 Å². The van der Waals surface area contributed by atoms with Gasteiger partial charge in [-0.25, -0.2) is 4.98 Å². The molecule has 0 amide bonds. The number of ether oxygens (including phenoxy) is 1. The van der Waals surface area contributed by atoms with E-state index in [1.165, 1.54) is 6.42 Å². The quantitative estimate of drug-likeness (QED) is 0.847. The highest BCUT2D eigenvalue weighted by Gasteiger charge is 2.09. The Balaban J connectivity index is 1.65. The summed E-state index contributed by atoms with van der Waals surface area (Å²) in [5.74, 6) is 7.57. The molecule has 2 aromatic heterocycles. The molecule has 1 atom stereocenters. The van der Waals surface area contributed by atoms with Crippen LogP contribution in [0.3, 0.4) is 0 Å². The van der Waals surface area contributed by atoms with Crippen molar-refractivity contribution in [3.05, 3.63) is 48.4 Å². The van der Waals surface area contributed by atoms with Crippen molar-refractivity contribution in [1.82, 2.24) is 15.3 Å². The molecule has 4 heteroatoms. The first kappa shape index (κ1) is 12.6. The predicted octanol–water partition coefficient (Wildman–Crippen LogP) is 2.37. The second-order valence-electron chi connectivity index (χ2n) is 4.59. The third-order valence-corrected chi connectivity index (χ3v) is 3.04. The van der Waals surface area contributed by atoms with E-state index in [0.717, 1.165) is 18.5 Å². The van der Waals surface area contributed by atoms with Crippen LogP contribution in [0.4, 0.5) is 0 Å². The van der Waals surface area contributed by atoms with Gasteiger partial charge in [-0.05, 0) is 37.6 Å². The number of rotatable bonds is 2. The molecule has 100 valence electrons. The van der Waals surface area contributed by atoms with E-state index in [1.54, 1.807) is 18.6 Å². The Bertz CT molecular complexity index is 608. The predicted molar refractivity (Wildman–Crippen MR) is 76.5 cm³/mol. The van der Waals surface area contributed by atoms with Crippen LogP contribution >= 0.6 is 0 Å². The average Bonchev–Trinajstić information content (AvgIpc) is 3.01. The highest BCUT2D eigenvalue weighted by atomic mass is 16.5. The Kier molecular flexibility index (Phi) is 3.91. The summed E-state index contributed by atoms with van der Waals surface area (Å²) < 4.78 is 5.58. The van der Waals surface area contributed by atoms with Gasteiger partial charge in [-0.3, -0.25) is 4.98 Å². The Labute approximate surface area is 118 Å². The summed E-state index contributed by atoms with van der Waals surface area (Å²) in [5.41, 5.74) is 0.900. The van der Waals surface area contributed by atoms with E-state index in [4.69, 9.17) is 4.74 Å². The molecular formula is C16H15N3O. The van der Waals surface area contributed by atoms with Crippen LogP contribution in [0, 0.1) is 11.8 Å². The van der Waals surface area contributed by atoms with Crippen LogP contribution in [-0.2, 0) is 0 Å². The first-order chi connectivity index (χ1) is 9.90. The molecule has 1 unspecified atom stereocenters. The molecule has 0 saturated carbocycles. The maximum Gasteiger partial charge on any atom is 0.219 e. The van der Waals surface area contributed by atoms with Crippen LogP contribution < -0.4 is 10.1 Å². The van der Waals surface area contributed by atoms with Gasteiger partial charge in [0.15, 0.2) is 0 Å². The van der Waals surface area contributed by atoms with Gasteiger partial charge in [0.05, 0.1) is 12.2 Å². The molecule has 3 heterocycles. The highest BCUT2D eigenvalue weighted by Crippen LogP contribution is 2.17. The van der Waals surface area contributed by atoms with Crippen molar-refractivity contribution in [1.29, 1.82) is 0 Å². The first-order valence-electron chi connectivity index (χ1n) is 6.69. The SMILES string of the molecule is C(#CC1CCCN1)c1ccc(Oc2cccnc2)nc1. The van der Waals surface area contributed by atoms with Crippen molar-refractivity contribution >= 4 is 0 Å². The van der Waals surface area contributed by atoms with E-state index < -0.39 is 0 Å². The summed E-state index contributed by atoms with van der Waals surface area (Å²) in [6, 6.07) is 7.72. The fourth-order valence-electron chi connectivity index (χ4n) is 2.02. The van der Waals surface area contributed by atoms with E-state index in [1.807, 2.05) is 24.3 Å². The van der Waals surface area contributed by atoms with Crippen molar-refractivity contribution in [2.75, 3.05) is 6.54 Å². The van der Waals surface area contributed by atoms with Crippen LogP contribution in [0.25, 0.3) is 0 Å². The smallest absolute Gasteiger partial charge is 0.219 e. The van der Waals surface area contributed by atoms with Crippen LogP contribution in [0.1, 0.15) is 18.4 Å².